The van der Waals surface area contributed by atoms with Gasteiger partial charge >= 0.3 is 0 Å². The smallest absolute Gasteiger partial charge is 0.0908 e. The molecule has 2 aromatic carbocycles. The second-order valence-corrected chi connectivity index (χ2v) is 9.51. The van der Waals surface area contributed by atoms with Gasteiger partial charge in [0.2, 0.25) is 0 Å². The van der Waals surface area contributed by atoms with Crippen molar-refractivity contribution < 1.29 is 0 Å². The van der Waals surface area contributed by atoms with Crippen LogP contribution in [0.1, 0.15) is 50.9 Å². The molecule has 2 aliphatic rings. The van der Waals surface area contributed by atoms with Gasteiger partial charge in [-0.2, -0.15) is 0 Å². The number of unbranched alkanes of at least 4 members (excludes halogenated alkanes) is 2. The Balaban J connectivity index is 1.30. The Labute approximate surface area is 204 Å². The first-order valence-corrected chi connectivity index (χ1v) is 12.9. The van der Waals surface area contributed by atoms with Crippen LogP contribution < -0.4 is 19.6 Å². The SMILES string of the molecule is CCCCN1CN(Cc2cccc(CN3CN(CCCC)c4ccccc43)n2)c2ccccc21. The number of aromatic nitrogens is 1. The first-order chi connectivity index (χ1) is 16.8. The van der Waals surface area contributed by atoms with Crippen molar-refractivity contribution in [2.75, 3.05) is 46.0 Å². The highest BCUT2D eigenvalue weighted by Crippen LogP contribution is 2.38. The van der Waals surface area contributed by atoms with E-state index in [9.17, 15) is 0 Å². The Morgan fingerprint density at radius 1 is 0.559 bits per heavy atom. The van der Waals surface area contributed by atoms with Crippen LogP contribution >= 0.6 is 0 Å². The molecule has 0 saturated heterocycles. The fraction of sp³-hybridized carbons (Fsp3) is 0.414. The molecule has 0 radical (unpaired) electrons. The Morgan fingerprint density at radius 2 is 0.971 bits per heavy atom. The lowest BCUT2D eigenvalue weighted by Gasteiger charge is -2.23. The van der Waals surface area contributed by atoms with E-state index in [1.807, 2.05) is 0 Å². The minimum Gasteiger partial charge on any atom is -0.352 e. The maximum atomic E-state index is 5.10. The zero-order valence-electron chi connectivity index (χ0n) is 20.7. The van der Waals surface area contributed by atoms with Crippen molar-refractivity contribution in [1.29, 1.82) is 0 Å². The zero-order chi connectivity index (χ0) is 23.3. The van der Waals surface area contributed by atoms with Gasteiger partial charge < -0.3 is 19.6 Å². The van der Waals surface area contributed by atoms with Gasteiger partial charge in [-0.1, -0.05) is 57.0 Å². The van der Waals surface area contributed by atoms with Crippen molar-refractivity contribution in [3.8, 4) is 0 Å². The summed E-state index contributed by atoms with van der Waals surface area (Å²) in [4.78, 5) is 15.1. The number of rotatable bonds is 10. The molecule has 178 valence electrons. The Hall–Kier alpha value is -3.21. The fourth-order valence-corrected chi connectivity index (χ4v) is 5.16. The summed E-state index contributed by atoms with van der Waals surface area (Å²) in [5.41, 5.74) is 7.64. The molecule has 34 heavy (non-hydrogen) atoms. The van der Waals surface area contributed by atoms with Crippen molar-refractivity contribution in [1.82, 2.24) is 4.98 Å². The summed E-state index contributed by atoms with van der Waals surface area (Å²) in [5, 5.41) is 0. The average Bonchev–Trinajstić information content (AvgIpc) is 3.40. The molecule has 0 unspecified atom stereocenters. The first kappa shape index (κ1) is 22.6. The van der Waals surface area contributed by atoms with Gasteiger partial charge in [0.1, 0.15) is 0 Å². The minimum atomic E-state index is 0.840. The van der Waals surface area contributed by atoms with Crippen LogP contribution in [-0.2, 0) is 13.1 Å². The Morgan fingerprint density at radius 3 is 1.38 bits per heavy atom. The average molecular weight is 456 g/mol. The standard InChI is InChI=1S/C29H37N5/c1-3-5-18-31-22-33(28-16-9-7-14-26(28)31)20-24-12-11-13-25(30-24)21-34-23-32(19-6-4-2)27-15-8-10-17-29(27)34/h7-17H,3-6,18-23H2,1-2H3. The van der Waals surface area contributed by atoms with E-state index in [0.29, 0.717) is 0 Å². The second kappa shape index (κ2) is 10.4. The van der Waals surface area contributed by atoms with Crippen molar-refractivity contribution in [3.63, 3.8) is 0 Å². The number of benzene rings is 2. The summed E-state index contributed by atoms with van der Waals surface area (Å²) in [6.07, 6.45) is 4.89. The largest absolute Gasteiger partial charge is 0.352 e. The van der Waals surface area contributed by atoms with Crippen molar-refractivity contribution in [2.45, 2.75) is 52.6 Å². The van der Waals surface area contributed by atoms with Crippen molar-refractivity contribution >= 4 is 22.7 Å². The lowest BCUT2D eigenvalue weighted by atomic mass is 10.2. The van der Waals surface area contributed by atoms with E-state index in [1.165, 1.54) is 48.4 Å². The molecule has 3 heterocycles. The molecule has 0 spiro atoms. The molecule has 0 aliphatic carbocycles. The summed E-state index contributed by atoms with van der Waals surface area (Å²) in [6, 6.07) is 24.1. The molecule has 0 atom stereocenters. The van der Waals surface area contributed by atoms with Gasteiger partial charge in [0, 0.05) is 13.1 Å². The van der Waals surface area contributed by atoms with Crippen LogP contribution in [0, 0.1) is 0 Å². The number of anilines is 4. The number of fused-ring (bicyclic) bond motifs is 2. The van der Waals surface area contributed by atoms with Gasteiger partial charge in [-0.25, -0.2) is 0 Å². The number of pyridine rings is 1. The van der Waals surface area contributed by atoms with E-state index in [0.717, 1.165) is 50.9 Å². The second-order valence-electron chi connectivity index (χ2n) is 9.51. The molecule has 5 rings (SSSR count). The molecule has 0 fully saturated rings. The van der Waals surface area contributed by atoms with Crippen molar-refractivity contribution in [2.24, 2.45) is 0 Å². The molecular formula is C29H37N5. The van der Waals surface area contributed by atoms with E-state index in [4.69, 9.17) is 4.98 Å². The van der Waals surface area contributed by atoms with Crippen LogP contribution in [0.25, 0.3) is 0 Å². The van der Waals surface area contributed by atoms with Gasteiger partial charge in [0.05, 0.1) is 60.6 Å². The maximum absolute atomic E-state index is 5.10. The first-order valence-electron chi connectivity index (χ1n) is 12.9. The lowest BCUT2D eigenvalue weighted by molar-refractivity contribution is 0.697. The topological polar surface area (TPSA) is 25.9 Å². The van der Waals surface area contributed by atoms with Crippen LogP contribution in [0.5, 0.6) is 0 Å². The van der Waals surface area contributed by atoms with Crippen molar-refractivity contribution in [3.05, 3.63) is 78.1 Å². The van der Waals surface area contributed by atoms with E-state index in [2.05, 4.69) is 100 Å². The van der Waals surface area contributed by atoms with Gasteiger partial charge in [-0.3, -0.25) is 4.98 Å². The van der Waals surface area contributed by atoms with Gasteiger partial charge in [0.15, 0.2) is 0 Å². The van der Waals surface area contributed by atoms with Crippen LogP contribution in [0.15, 0.2) is 66.7 Å². The van der Waals surface area contributed by atoms with Crippen LogP contribution in [0.4, 0.5) is 22.7 Å². The highest BCUT2D eigenvalue weighted by atomic mass is 15.4. The van der Waals surface area contributed by atoms with Gasteiger partial charge in [-0.05, 0) is 49.2 Å². The molecule has 0 N–H and O–H groups in total. The zero-order valence-corrected chi connectivity index (χ0v) is 20.7. The monoisotopic (exact) mass is 455 g/mol. The Kier molecular flexibility index (Phi) is 6.89. The molecule has 0 saturated carbocycles. The molecule has 3 aromatic rings. The summed E-state index contributed by atoms with van der Waals surface area (Å²) in [7, 11) is 0. The van der Waals surface area contributed by atoms with Crippen LogP contribution in [0.3, 0.4) is 0 Å². The highest BCUT2D eigenvalue weighted by Gasteiger charge is 2.27. The molecule has 5 heteroatoms. The number of hydrogen-bond acceptors (Lipinski definition) is 5. The minimum absolute atomic E-state index is 0.840. The van der Waals surface area contributed by atoms with Gasteiger partial charge in [-0.15, -0.1) is 0 Å². The number of hydrogen-bond donors (Lipinski definition) is 0. The number of nitrogens with zero attached hydrogens (tertiary/aromatic N) is 5. The van der Waals surface area contributed by atoms with E-state index >= 15 is 0 Å². The third-order valence-electron chi connectivity index (χ3n) is 6.94. The predicted molar refractivity (Wildman–Crippen MR) is 144 cm³/mol. The van der Waals surface area contributed by atoms with Crippen LogP contribution in [-0.4, -0.2) is 31.4 Å². The van der Waals surface area contributed by atoms with Crippen LogP contribution in [0.2, 0.25) is 0 Å². The normalized spacial score (nSPS) is 14.6. The lowest BCUT2D eigenvalue weighted by Crippen LogP contribution is -2.32. The third-order valence-corrected chi connectivity index (χ3v) is 6.94. The molecule has 1 aromatic heterocycles. The summed E-state index contributed by atoms with van der Waals surface area (Å²) < 4.78 is 0. The third kappa shape index (κ3) is 4.70. The molecule has 0 bridgehead atoms. The quantitative estimate of drug-likeness (QED) is 0.360. The predicted octanol–water partition coefficient (Wildman–Crippen LogP) is 6.25. The Bertz CT molecular complexity index is 1010. The van der Waals surface area contributed by atoms with Gasteiger partial charge in [0.25, 0.3) is 0 Å². The molecule has 5 nitrogen and oxygen atoms in total. The molecular weight excluding hydrogens is 418 g/mol. The maximum Gasteiger partial charge on any atom is 0.0908 e. The summed E-state index contributed by atoms with van der Waals surface area (Å²) in [5.74, 6) is 0. The highest BCUT2D eigenvalue weighted by molar-refractivity contribution is 5.77. The number of para-hydroxylation sites is 4. The van der Waals surface area contributed by atoms with E-state index < -0.39 is 0 Å². The van der Waals surface area contributed by atoms with E-state index in [1.54, 1.807) is 0 Å². The molecule has 2 aliphatic heterocycles. The van der Waals surface area contributed by atoms with E-state index in [-0.39, 0.29) is 0 Å². The fourth-order valence-electron chi connectivity index (χ4n) is 5.16. The summed E-state index contributed by atoms with van der Waals surface area (Å²) in [6.45, 7) is 10.3. The molecule has 0 amide bonds. The summed E-state index contributed by atoms with van der Waals surface area (Å²) >= 11 is 0.